The number of imidazole rings is 1. The number of aromatic nitrogens is 2. The minimum atomic E-state index is -0.963. The van der Waals surface area contributed by atoms with Gasteiger partial charge in [-0.25, -0.2) is 9.37 Å². The quantitative estimate of drug-likeness (QED) is 0.887. The summed E-state index contributed by atoms with van der Waals surface area (Å²) < 4.78 is 14.9. The number of pyridine rings is 1. The minimum Gasteiger partial charge on any atom is -0.481 e. The molecule has 0 aliphatic heterocycles. The molecule has 7 heteroatoms. The largest absolute Gasteiger partial charge is 0.481 e. The molecule has 1 amide bonds. The zero-order chi connectivity index (χ0) is 16.3. The summed E-state index contributed by atoms with van der Waals surface area (Å²) in [4.78, 5) is 29.2. The van der Waals surface area contributed by atoms with E-state index in [-0.39, 0.29) is 24.6 Å². The number of rotatable bonds is 6. The van der Waals surface area contributed by atoms with Crippen molar-refractivity contribution in [2.45, 2.75) is 26.7 Å². The molecule has 0 aliphatic carbocycles. The molecule has 2 aromatic heterocycles. The van der Waals surface area contributed by atoms with E-state index in [0.29, 0.717) is 24.3 Å². The molecule has 2 heterocycles. The van der Waals surface area contributed by atoms with Gasteiger partial charge in [-0.15, -0.1) is 0 Å². The summed E-state index contributed by atoms with van der Waals surface area (Å²) in [5.74, 6) is -1.76. The number of carboxylic acids is 1. The zero-order valence-electron chi connectivity index (χ0n) is 12.5. The summed E-state index contributed by atoms with van der Waals surface area (Å²) in [5.41, 5.74) is 1.25. The average molecular weight is 307 g/mol. The Bertz CT molecular complexity index is 711. The van der Waals surface area contributed by atoms with Crippen molar-refractivity contribution in [2.24, 2.45) is 0 Å². The molecular formula is C15H18FN3O3. The van der Waals surface area contributed by atoms with Crippen molar-refractivity contribution in [1.82, 2.24) is 14.3 Å². The Morgan fingerprint density at radius 3 is 2.73 bits per heavy atom. The molecule has 0 bridgehead atoms. The van der Waals surface area contributed by atoms with Crippen molar-refractivity contribution in [3.8, 4) is 0 Å². The lowest BCUT2D eigenvalue weighted by atomic mass is 10.2. The van der Waals surface area contributed by atoms with E-state index in [9.17, 15) is 14.0 Å². The minimum absolute atomic E-state index is 0.115. The van der Waals surface area contributed by atoms with Crippen LogP contribution in [0.4, 0.5) is 4.39 Å². The van der Waals surface area contributed by atoms with Gasteiger partial charge in [0.05, 0.1) is 12.1 Å². The third-order valence-electron chi connectivity index (χ3n) is 3.34. The topological polar surface area (TPSA) is 74.9 Å². The maximum absolute atomic E-state index is 13.4. The lowest BCUT2D eigenvalue weighted by molar-refractivity contribution is -0.137. The lowest BCUT2D eigenvalue weighted by Crippen LogP contribution is -2.34. The number of nitrogens with zero attached hydrogens (tertiary/aromatic N) is 3. The fraction of sp³-hybridized carbons (Fsp3) is 0.400. The molecule has 0 spiro atoms. The van der Waals surface area contributed by atoms with E-state index in [4.69, 9.17) is 5.11 Å². The summed E-state index contributed by atoms with van der Waals surface area (Å²) in [5, 5.41) is 8.80. The van der Waals surface area contributed by atoms with Crippen LogP contribution in [0.3, 0.4) is 0 Å². The first-order valence-electron chi connectivity index (χ1n) is 7.09. The van der Waals surface area contributed by atoms with Gasteiger partial charge in [-0.3, -0.25) is 14.0 Å². The standard InChI is InChI=1S/C15H18FN3O3/c1-3-7-18(8-6-13(20)21)15(22)14-10(2)17-12-5-4-11(16)9-19(12)14/h4-5,9H,3,6-8H2,1-2H3,(H,20,21). The number of amides is 1. The van der Waals surface area contributed by atoms with Crippen molar-refractivity contribution in [2.75, 3.05) is 13.1 Å². The number of fused-ring (bicyclic) bond motifs is 1. The van der Waals surface area contributed by atoms with Gasteiger partial charge >= 0.3 is 5.97 Å². The number of halogens is 1. The van der Waals surface area contributed by atoms with E-state index in [1.165, 1.54) is 27.6 Å². The highest BCUT2D eigenvalue weighted by Gasteiger charge is 2.22. The van der Waals surface area contributed by atoms with Gasteiger partial charge in [0.1, 0.15) is 17.2 Å². The zero-order valence-corrected chi connectivity index (χ0v) is 12.5. The second kappa shape index (κ2) is 6.55. The molecule has 118 valence electrons. The second-order valence-electron chi connectivity index (χ2n) is 5.06. The number of carbonyl (C=O) groups is 2. The summed E-state index contributed by atoms with van der Waals surface area (Å²) in [6.07, 6.45) is 1.79. The van der Waals surface area contributed by atoms with E-state index in [2.05, 4.69) is 4.98 Å². The molecule has 0 unspecified atom stereocenters. The molecule has 0 atom stereocenters. The van der Waals surface area contributed by atoms with E-state index in [1.54, 1.807) is 6.92 Å². The molecule has 0 saturated carbocycles. The van der Waals surface area contributed by atoms with Crippen LogP contribution in [0.5, 0.6) is 0 Å². The van der Waals surface area contributed by atoms with Crippen LogP contribution in [0.2, 0.25) is 0 Å². The molecule has 0 aliphatic rings. The highest BCUT2D eigenvalue weighted by Crippen LogP contribution is 2.16. The van der Waals surface area contributed by atoms with Crippen molar-refractivity contribution >= 4 is 17.5 Å². The maximum Gasteiger partial charge on any atom is 0.305 e. The monoisotopic (exact) mass is 307 g/mol. The normalized spacial score (nSPS) is 10.9. The molecule has 22 heavy (non-hydrogen) atoms. The van der Waals surface area contributed by atoms with Crippen LogP contribution in [0.25, 0.3) is 5.65 Å². The first kappa shape index (κ1) is 15.9. The lowest BCUT2D eigenvalue weighted by Gasteiger charge is -2.21. The smallest absolute Gasteiger partial charge is 0.305 e. The van der Waals surface area contributed by atoms with Crippen molar-refractivity contribution in [1.29, 1.82) is 0 Å². The summed E-state index contributed by atoms with van der Waals surface area (Å²) in [6, 6.07) is 2.78. The molecule has 6 nitrogen and oxygen atoms in total. The predicted octanol–water partition coefficient (Wildman–Crippen LogP) is 2.11. The SMILES string of the molecule is CCCN(CCC(=O)O)C(=O)c1c(C)nc2ccc(F)cn12. The van der Waals surface area contributed by atoms with Gasteiger partial charge in [-0.05, 0) is 25.5 Å². The fourth-order valence-electron chi connectivity index (χ4n) is 2.36. The van der Waals surface area contributed by atoms with E-state index >= 15 is 0 Å². The van der Waals surface area contributed by atoms with Crippen LogP contribution < -0.4 is 0 Å². The molecule has 2 aromatic rings. The number of hydrogen-bond donors (Lipinski definition) is 1. The molecular weight excluding hydrogens is 289 g/mol. The molecule has 0 radical (unpaired) electrons. The van der Waals surface area contributed by atoms with E-state index in [0.717, 1.165) is 0 Å². The molecule has 2 rings (SSSR count). The van der Waals surface area contributed by atoms with Gasteiger partial charge < -0.3 is 10.0 Å². The number of aryl methyl sites for hydroxylation is 1. The van der Waals surface area contributed by atoms with Gasteiger partial charge in [0.2, 0.25) is 0 Å². The first-order valence-corrected chi connectivity index (χ1v) is 7.09. The molecule has 0 fully saturated rings. The summed E-state index contributed by atoms with van der Waals surface area (Å²) >= 11 is 0. The third-order valence-corrected chi connectivity index (χ3v) is 3.34. The number of hydrogen-bond acceptors (Lipinski definition) is 3. The third kappa shape index (κ3) is 3.24. The molecule has 0 saturated heterocycles. The van der Waals surface area contributed by atoms with Gasteiger partial charge in [-0.1, -0.05) is 6.92 Å². The Morgan fingerprint density at radius 1 is 1.36 bits per heavy atom. The Kier molecular flexibility index (Phi) is 4.75. The Balaban J connectivity index is 2.39. The Hall–Kier alpha value is -2.44. The first-order chi connectivity index (χ1) is 10.4. The molecule has 1 N–H and O–H groups in total. The predicted molar refractivity (Wildman–Crippen MR) is 78.3 cm³/mol. The average Bonchev–Trinajstić information content (AvgIpc) is 2.77. The summed E-state index contributed by atoms with van der Waals surface area (Å²) in [7, 11) is 0. The second-order valence-corrected chi connectivity index (χ2v) is 5.06. The van der Waals surface area contributed by atoms with Crippen LogP contribution in [-0.2, 0) is 4.79 Å². The van der Waals surface area contributed by atoms with Crippen LogP contribution in [-0.4, -0.2) is 44.4 Å². The molecule has 0 aromatic carbocycles. The highest BCUT2D eigenvalue weighted by atomic mass is 19.1. The number of aliphatic carboxylic acids is 1. The number of carbonyl (C=O) groups excluding carboxylic acids is 1. The van der Waals surface area contributed by atoms with Crippen LogP contribution in [0.15, 0.2) is 18.3 Å². The van der Waals surface area contributed by atoms with Crippen molar-refractivity contribution in [3.63, 3.8) is 0 Å². The highest BCUT2D eigenvalue weighted by molar-refractivity contribution is 5.94. The maximum atomic E-state index is 13.4. The number of carboxylic acid groups (broad SMARTS) is 1. The van der Waals surface area contributed by atoms with Gasteiger partial charge in [0.25, 0.3) is 5.91 Å². The van der Waals surface area contributed by atoms with Gasteiger partial charge in [0.15, 0.2) is 0 Å². The van der Waals surface area contributed by atoms with Crippen molar-refractivity contribution in [3.05, 3.63) is 35.5 Å². The van der Waals surface area contributed by atoms with Gasteiger partial charge in [0, 0.05) is 19.3 Å². The Morgan fingerprint density at radius 2 is 2.09 bits per heavy atom. The van der Waals surface area contributed by atoms with Crippen LogP contribution in [0.1, 0.15) is 35.9 Å². The van der Waals surface area contributed by atoms with E-state index in [1.807, 2.05) is 6.92 Å². The van der Waals surface area contributed by atoms with E-state index < -0.39 is 11.8 Å². The summed E-state index contributed by atoms with van der Waals surface area (Å²) in [6.45, 7) is 4.14. The van der Waals surface area contributed by atoms with Crippen LogP contribution in [0, 0.1) is 12.7 Å². The Labute approximate surface area is 127 Å². The van der Waals surface area contributed by atoms with Gasteiger partial charge in [-0.2, -0.15) is 0 Å². The fourth-order valence-corrected chi connectivity index (χ4v) is 2.36. The van der Waals surface area contributed by atoms with Crippen LogP contribution >= 0.6 is 0 Å². The van der Waals surface area contributed by atoms with Crippen molar-refractivity contribution < 1.29 is 19.1 Å².